The number of pyridine rings is 2. The van der Waals surface area contributed by atoms with Gasteiger partial charge < -0.3 is 23.7 Å². The van der Waals surface area contributed by atoms with Gasteiger partial charge in [0, 0.05) is 73.3 Å². The summed E-state index contributed by atoms with van der Waals surface area (Å²) >= 11 is 0. The molecule has 5 aromatic rings. The Labute approximate surface area is 231 Å². The Morgan fingerprint density at radius 3 is 2.67 bits per heavy atom. The molecule has 1 aliphatic rings. The Morgan fingerprint density at radius 2 is 1.93 bits per heavy atom. The van der Waals surface area contributed by atoms with E-state index in [0.29, 0.717) is 24.9 Å². The van der Waals surface area contributed by atoms with E-state index < -0.39 is 5.97 Å². The summed E-state index contributed by atoms with van der Waals surface area (Å²) in [4.78, 5) is 29.6. The third-order valence-electron chi connectivity index (χ3n) is 7.36. The lowest BCUT2D eigenvalue weighted by molar-refractivity contribution is 0.0697. The summed E-state index contributed by atoms with van der Waals surface area (Å²) in [6.45, 7) is 7.09. The van der Waals surface area contributed by atoms with Gasteiger partial charge in [-0.25, -0.2) is 9.78 Å². The van der Waals surface area contributed by atoms with Crippen LogP contribution in [0.15, 0.2) is 77.8 Å². The Bertz CT molecular complexity index is 1610. The van der Waals surface area contributed by atoms with E-state index in [1.807, 2.05) is 36.4 Å². The number of anilines is 1. The molecule has 0 saturated carbocycles. The van der Waals surface area contributed by atoms with Crippen molar-refractivity contribution in [1.82, 2.24) is 24.4 Å². The van der Waals surface area contributed by atoms with Gasteiger partial charge in [-0.05, 0) is 36.8 Å². The molecule has 1 aliphatic heterocycles. The van der Waals surface area contributed by atoms with Crippen LogP contribution in [-0.2, 0) is 19.7 Å². The minimum absolute atomic E-state index is 0.262. The molecular formula is C30H30N6O4. The first-order valence-electron chi connectivity index (χ1n) is 13.2. The average Bonchev–Trinajstić information content (AvgIpc) is 3.60. The van der Waals surface area contributed by atoms with E-state index in [2.05, 4.69) is 31.3 Å². The second kappa shape index (κ2) is 11.2. The van der Waals surface area contributed by atoms with Gasteiger partial charge in [-0.1, -0.05) is 18.2 Å². The Kier molecular flexibility index (Phi) is 7.15. The normalized spacial score (nSPS) is 14.1. The van der Waals surface area contributed by atoms with Crippen molar-refractivity contribution in [3.05, 3.63) is 102 Å². The number of carboxylic acids is 1. The molecule has 204 valence electrons. The van der Waals surface area contributed by atoms with Crippen molar-refractivity contribution >= 4 is 22.7 Å². The van der Waals surface area contributed by atoms with Crippen LogP contribution in [0.3, 0.4) is 0 Å². The number of hydrogen-bond donors (Lipinski definition) is 1. The Morgan fingerprint density at radius 1 is 1.05 bits per heavy atom. The van der Waals surface area contributed by atoms with Gasteiger partial charge in [-0.15, -0.1) is 0 Å². The van der Waals surface area contributed by atoms with Crippen molar-refractivity contribution < 1.29 is 19.1 Å². The van der Waals surface area contributed by atoms with Crippen LogP contribution in [-0.4, -0.2) is 61.7 Å². The number of aromatic carboxylic acids is 1. The summed E-state index contributed by atoms with van der Waals surface area (Å²) in [7, 11) is 0. The molecule has 6 rings (SSSR count). The number of rotatable bonds is 9. The molecule has 0 spiro atoms. The van der Waals surface area contributed by atoms with Crippen molar-refractivity contribution in [2.24, 2.45) is 0 Å². The second-order valence-electron chi connectivity index (χ2n) is 9.87. The lowest BCUT2D eigenvalue weighted by Crippen LogP contribution is -2.46. The van der Waals surface area contributed by atoms with Crippen LogP contribution in [0.4, 0.5) is 5.82 Å². The number of carboxylic acid groups (broad SMARTS) is 1. The van der Waals surface area contributed by atoms with Gasteiger partial charge in [0.05, 0.1) is 18.3 Å². The van der Waals surface area contributed by atoms with Crippen LogP contribution in [0.1, 0.15) is 33.1 Å². The molecule has 1 fully saturated rings. The zero-order valence-corrected chi connectivity index (χ0v) is 22.2. The number of carbonyl (C=O) groups is 1. The van der Waals surface area contributed by atoms with Crippen molar-refractivity contribution in [2.75, 3.05) is 31.1 Å². The molecule has 0 aliphatic carbocycles. The highest BCUT2D eigenvalue weighted by Crippen LogP contribution is 2.29. The van der Waals surface area contributed by atoms with Crippen molar-refractivity contribution in [3.63, 3.8) is 0 Å². The summed E-state index contributed by atoms with van der Waals surface area (Å²) in [5.41, 5.74) is 4.40. The topological polar surface area (TPSA) is 110 Å². The predicted octanol–water partition coefficient (Wildman–Crippen LogP) is 4.38. The Balaban J connectivity index is 1.16. The van der Waals surface area contributed by atoms with Gasteiger partial charge in [0.25, 0.3) is 0 Å². The molecule has 0 radical (unpaired) electrons. The maximum absolute atomic E-state index is 11.7. The van der Waals surface area contributed by atoms with E-state index >= 15 is 0 Å². The van der Waals surface area contributed by atoms with Crippen molar-refractivity contribution in [1.29, 1.82) is 0 Å². The summed E-state index contributed by atoms with van der Waals surface area (Å²) in [6, 6.07) is 15.0. The number of hydrogen-bond acceptors (Lipinski definition) is 8. The number of piperazine rings is 1. The molecule has 4 aromatic heterocycles. The highest BCUT2D eigenvalue weighted by molar-refractivity contribution is 5.95. The molecule has 1 N–H and O–H groups in total. The average molecular weight is 539 g/mol. The number of oxazole rings is 1. The number of fused-ring (bicyclic) bond motifs is 1. The zero-order valence-electron chi connectivity index (χ0n) is 22.2. The van der Waals surface area contributed by atoms with E-state index in [-0.39, 0.29) is 5.56 Å². The van der Waals surface area contributed by atoms with Gasteiger partial charge in [-0.3, -0.25) is 9.88 Å². The third kappa shape index (κ3) is 5.39. The van der Waals surface area contributed by atoms with Crippen molar-refractivity contribution in [3.8, 4) is 5.88 Å². The molecule has 1 aromatic carbocycles. The highest BCUT2D eigenvalue weighted by atomic mass is 16.5. The zero-order chi connectivity index (χ0) is 27.5. The quantitative estimate of drug-likeness (QED) is 0.292. The third-order valence-corrected chi connectivity index (χ3v) is 7.36. The number of benzene rings is 1. The van der Waals surface area contributed by atoms with Gasteiger partial charge in [0.1, 0.15) is 18.7 Å². The fourth-order valence-electron chi connectivity index (χ4n) is 5.21. The lowest BCUT2D eigenvalue weighted by atomic mass is 10.1. The maximum atomic E-state index is 11.7. The number of ether oxygens (including phenoxy) is 1. The van der Waals surface area contributed by atoms with E-state index in [4.69, 9.17) is 14.1 Å². The van der Waals surface area contributed by atoms with E-state index in [0.717, 1.165) is 66.3 Å². The second-order valence-corrected chi connectivity index (χ2v) is 9.87. The number of aromatic nitrogens is 4. The fraction of sp³-hybridized carbons (Fsp3) is 0.267. The van der Waals surface area contributed by atoms with Crippen molar-refractivity contribution in [2.45, 2.75) is 26.6 Å². The highest BCUT2D eigenvalue weighted by Gasteiger charge is 2.23. The van der Waals surface area contributed by atoms with Crippen LogP contribution in [0.2, 0.25) is 0 Å². The Hall–Kier alpha value is -4.70. The van der Waals surface area contributed by atoms with E-state index in [9.17, 15) is 9.90 Å². The smallest absolute Gasteiger partial charge is 0.335 e. The molecule has 0 bridgehead atoms. The van der Waals surface area contributed by atoms with Crippen LogP contribution in [0, 0.1) is 6.92 Å². The molecule has 10 nitrogen and oxygen atoms in total. The summed E-state index contributed by atoms with van der Waals surface area (Å²) < 4.78 is 13.6. The first kappa shape index (κ1) is 25.6. The molecule has 5 heterocycles. The van der Waals surface area contributed by atoms with Crippen LogP contribution in [0.5, 0.6) is 5.88 Å². The standard InChI is InChI=1S/C30H30N6O4/c1-21-24-8-7-23(30(37)38)16-25(24)36(19-29-32-10-15-39-29)26(21)18-34-11-13-35(14-12-34)27-5-2-6-28(33-27)40-20-22-4-3-9-31-17-22/h2-10,15-17H,11-14,18-20H2,1H3,(H,37,38). The molecule has 1 saturated heterocycles. The van der Waals surface area contributed by atoms with Crippen LogP contribution >= 0.6 is 0 Å². The predicted molar refractivity (Wildman–Crippen MR) is 150 cm³/mol. The van der Waals surface area contributed by atoms with Gasteiger partial charge >= 0.3 is 5.97 Å². The summed E-state index contributed by atoms with van der Waals surface area (Å²) in [5.74, 6) is 1.14. The van der Waals surface area contributed by atoms with Gasteiger partial charge in [0.15, 0.2) is 0 Å². The molecule has 0 unspecified atom stereocenters. The minimum Gasteiger partial charge on any atom is -0.478 e. The molecule has 40 heavy (non-hydrogen) atoms. The lowest BCUT2D eigenvalue weighted by Gasteiger charge is -2.35. The maximum Gasteiger partial charge on any atom is 0.335 e. The monoisotopic (exact) mass is 538 g/mol. The van der Waals surface area contributed by atoms with Gasteiger partial charge in [0.2, 0.25) is 11.8 Å². The summed E-state index contributed by atoms with van der Waals surface area (Å²) in [5, 5.41) is 10.6. The number of aryl methyl sites for hydroxylation is 1. The van der Waals surface area contributed by atoms with Gasteiger partial charge in [-0.2, -0.15) is 4.98 Å². The van der Waals surface area contributed by atoms with E-state index in [1.165, 1.54) is 0 Å². The molecule has 0 amide bonds. The fourth-order valence-corrected chi connectivity index (χ4v) is 5.21. The van der Waals surface area contributed by atoms with E-state index in [1.54, 1.807) is 37.0 Å². The minimum atomic E-state index is -0.943. The first-order chi connectivity index (χ1) is 19.5. The molecular weight excluding hydrogens is 508 g/mol. The first-order valence-corrected chi connectivity index (χ1v) is 13.2. The molecule has 10 heteroatoms. The van der Waals surface area contributed by atoms with Crippen LogP contribution < -0.4 is 9.64 Å². The largest absolute Gasteiger partial charge is 0.478 e. The summed E-state index contributed by atoms with van der Waals surface area (Å²) in [6.07, 6.45) is 6.72. The van der Waals surface area contributed by atoms with Crippen LogP contribution in [0.25, 0.3) is 10.9 Å². The SMILES string of the molecule is Cc1c(CN2CCN(c3cccc(OCc4cccnc4)n3)CC2)n(Cc2ncco2)c2cc(C(=O)O)ccc12. The molecule has 0 atom stereocenters. The number of nitrogens with zero attached hydrogens (tertiary/aromatic N) is 6.